The van der Waals surface area contributed by atoms with E-state index in [1.54, 1.807) is 0 Å². The second-order valence-corrected chi connectivity index (χ2v) is 2.39. The topological polar surface area (TPSA) is 104 Å². The molecule has 0 radical (unpaired) electrons. The predicted octanol–water partition coefficient (Wildman–Crippen LogP) is -5.88. The number of hydrogen-bond acceptors (Lipinski definition) is 4. The Kier molecular flexibility index (Phi) is 37.0. The Morgan fingerprint density at radius 1 is 1.17 bits per heavy atom. The van der Waals surface area contributed by atoms with Crippen molar-refractivity contribution in [2.45, 2.75) is 0 Å². The van der Waals surface area contributed by atoms with Crippen LogP contribution in [-0.2, 0) is 13.4 Å². The molecule has 3 N–H and O–H groups in total. The minimum Gasteiger partial charge on any atom is -0.428 e. The van der Waals surface area contributed by atoms with Gasteiger partial charge in [-0.3, -0.25) is 0 Å². The summed E-state index contributed by atoms with van der Waals surface area (Å²) in [6.07, 6.45) is 0. The molecular weight excluding hydrogens is 228 g/mol. The molecule has 0 fully saturated rings. The quantitative estimate of drug-likeness (QED) is 0.250. The van der Waals surface area contributed by atoms with Crippen LogP contribution in [0.25, 0.3) is 0 Å². The van der Waals surface area contributed by atoms with E-state index in [1.807, 2.05) is 0 Å². The molecule has 0 aliphatic carbocycles. The smallest absolute Gasteiger partial charge is 0.428 e. The monoisotopic (exact) mass is 235 g/mol. The summed E-state index contributed by atoms with van der Waals surface area (Å²) in [6, 6.07) is 0. The van der Waals surface area contributed by atoms with Crippen LogP contribution in [0.15, 0.2) is 0 Å². The third-order valence-electron chi connectivity index (χ3n) is 0.140. The standard InChI is InChI=1S/C2H5O.2Na.O5P2/c1-2-3;;;1-6(2)5-7(3)4/h3H,1-2H2;;;/q-1;2*+1;/p+2. The molecule has 0 saturated heterocycles. The summed E-state index contributed by atoms with van der Waals surface area (Å²) >= 11 is 0. The molecule has 0 aromatic heterocycles. The summed E-state index contributed by atoms with van der Waals surface area (Å²) in [4.78, 5) is 15.3. The molecule has 0 aliphatic rings. The van der Waals surface area contributed by atoms with Gasteiger partial charge in [-0.05, 0) is 0 Å². The van der Waals surface area contributed by atoms with E-state index >= 15 is 0 Å². The van der Waals surface area contributed by atoms with Crippen molar-refractivity contribution in [3.05, 3.63) is 6.92 Å². The first-order valence-corrected chi connectivity index (χ1v) is 4.21. The number of hydrogen-bond donors (Lipinski definition) is 3. The van der Waals surface area contributed by atoms with Crippen LogP contribution < -0.4 is 59.1 Å². The van der Waals surface area contributed by atoms with Crippen LogP contribution in [0.3, 0.4) is 0 Å². The molecule has 0 rings (SSSR count). The second-order valence-electron chi connectivity index (χ2n) is 0.781. The van der Waals surface area contributed by atoms with E-state index in [1.165, 1.54) is 0 Å². The Labute approximate surface area is 116 Å². The zero-order valence-electron chi connectivity index (χ0n) is 6.88. The van der Waals surface area contributed by atoms with Crippen LogP contribution in [-0.4, -0.2) is 21.5 Å². The number of rotatable bonds is 2. The van der Waals surface area contributed by atoms with E-state index in [-0.39, 0.29) is 65.7 Å². The summed E-state index contributed by atoms with van der Waals surface area (Å²) in [7, 11) is -5.85. The fourth-order valence-corrected chi connectivity index (χ4v) is 0.538. The molecule has 12 heavy (non-hydrogen) atoms. The van der Waals surface area contributed by atoms with Gasteiger partial charge in [-0.25, -0.2) is 0 Å². The van der Waals surface area contributed by atoms with Crippen LogP contribution in [0.4, 0.5) is 0 Å². The van der Waals surface area contributed by atoms with E-state index < -0.39 is 16.5 Å². The maximum absolute atomic E-state index is 9.39. The van der Waals surface area contributed by atoms with Gasteiger partial charge in [0.05, 0.1) is 0 Å². The average Bonchev–Trinajstić information content (AvgIpc) is 1.62. The van der Waals surface area contributed by atoms with E-state index in [2.05, 4.69) is 11.2 Å². The molecule has 0 aromatic rings. The average molecular weight is 235 g/mol. The van der Waals surface area contributed by atoms with Gasteiger partial charge in [0.2, 0.25) is 0 Å². The third-order valence-corrected chi connectivity index (χ3v) is 1.26. The zero-order chi connectivity index (χ0) is 8.57. The minimum absolute atomic E-state index is 0. The minimum atomic E-state index is -2.92. The maximum atomic E-state index is 9.39. The fraction of sp³-hybridized carbons (Fsp3) is 0.500. The summed E-state index contributed by atoms with van der Waals surface area (Å²) in [5.74, 6) is 0. The first-order chi connectivity index (χ1) is 4.54. The largest absolute Gasteiger partial charge is 1.00 e. The summed E-state index contributed by atoms with van der Waals surface area (Å²) in [6.45, 7) is 3.04. The molecule has 0 spiro atoms. The molecule has 10 heteroatoms. The first-order valence-electron chi connectivity index (χ1n) is 1.95. The Morgan fingerprint density at radius 3 is 1.33 bits per heavy atom. The van der Waals surface area contributed by atoms with Crippen molar-refractivity contribution in [1.82, 2.24) is 0 Å². The molecular formula is C2H7Na2O6P2+3. The van der Waals surface area contributed by atoms with Crippen LogP contribution in [0.5, 0.6) is 0 Å². The van der Waals surface area contributed by atoms with Gasteiger partial charge in [-0.2, -0.15) is 0 Å². The molecule has 2 atom stereocenters. The summed E-state index contributed by atoms with van der Waals surface area (Å²) < 4.78 is 22.2. The van der Waals surface area contributed by atoms with Crippen LogP contribution in [0.2, 0.25) is 0 Å². The van der Waals surface area contributed by atoms with Gasteiger partial charge in [0.15, 0.2) is 4.31 Å². The van der Waals surface area contributed by atoms with Crippen molar-refractivity contribution in [3.8, 4) is 0 Å². The molecule has 0 amide bonds. The third kappa shape index (κ3) is 40.2. The molecule has 0 saturated carbocycles. The maximum Gasteiger partial charge on any atom is 1.00 e. The predicted molar refractivity (Wildman–Crippen MR) is 33.2 cm³/mol. The molecule has 2 unspecified atom stereocenters. The Bertz CT molecular complexity index is 108. The number of aliphatic hydroxyl groups excluding tert-OH is 1. The Morgan fingerprint density at radius 2 is 1.33 bits per heavy atom. The van der Waals surface area contributed by atoms with Crippen LogP contribution in [0, 0.1) is 6.92 Å². The van der Waals surface area contributed by atoms with Gasteiger partial charge >= 0.3 is 75.6 Å². The normalized spacial score (nSPS) is 9.33. The number of aliphatic hydroxyl groups is 1. The van der Waals surface area contributed by atoms with Crippen LogP contribution in [0.1, 0.15) is 0 Å². The second kappa shape index (κ2) is 18.8. The van der Waals surface area contributed by atoms with E-state index in [4.69, 9.17) is 14.9 Å². The van der Waals surface area contributed by atoms with Crippen molar-refractivity contribution in [2.75, 3.05) is 6.61 Å². The van der Waals surface area contributed by atoms with Gasteiger partial charge in [-0.1, -0.05) is 6.61 Å². The van der Waals surface area contributed by atoms with Gasteiger partial charge in [0, 0.05) is 9.13 Å². The molecule has 60 valence electrons. The SMILES string of the molecule is O=[P+](O)O[P+](=O)O.[CH2-]CO.[Na+].[Na+]. The molecule has 0 heterocycles. The van der Waals surface area contributed by atoms with Gasteiger partial charge in [-0.15, -0.1) is 9.79 Å². The fourth-order valence-electron chi connectivity index (χ4n) is 0.0598. The summed E-state index contributed by atoms with van der Waals surface area (Å²) in [5, 5.41) is 7.46. The molecule has 0 bridgehead atoms. The van der Waals surface area contributed by atoms with E-state index in [0.717, 1.165) is 0 Å². The first kappa shape index (κ1) is 23.7. The van der Waals surface area contributed by atoms with Gasteiger partial charge < -0.3 is 12.0 Å². The Balaban J connectivity index is -0.0000000569. The molecule has 6 nitrogen and oxygen atoms in total. The van der Waals surface area contributed by atoms with Crippen molar-refractivity contribution in [2.24, 2.45) is 0 Å². The van der Waals surface area contributed by atoms with Crippen molar-refractivity contribution in [3.63, 3.8) is 0 Å². The van der Waals surface area contributed by atoms with Gasteiger partial charge in [0.1, 0.15) is 0 Å². The zero-order valence-corrected chi connectivity index (χ0v) is 12.7. The van der Waals surface area contributed by atoms with Crippen molar-refractivity contribution >= 4 is 16.5 Å². The Hall–Kier alpha value is 2.04. The van der Waals surface area contributed by atoms with Crippen LogP contribution >= 0.6 is 16.5 Å². The van der Waals surface area contributed by atoms with Crippen molar-refractivity contribution in [1.29, 1.82) is 0 Å². The molecule has 0 aliphatic heterocycles. The van der Waals surface area contributed by atoms with E-state index in [0.29, 0.717) is 0 Å². The van der Waals surface area contributed by atoms with Gasteiger partial charge in [0.25, 0.3) is 0 Å². The summed E-state index contributed by atoms with van der Waals surface area (Å²) in [5.41, 5.74) is 0. The molecule has 0 aromatic carbocycles. The van der Waals surface area contributed by atoms with E-state index in [9.17, 15) is 9.13 Å². The van der Waals surface area contributed by atoms with Crippen molar-refractivity contribution < 1.29 is 87.4 Å².